The lowest BCUT2D eigenvalue weighted by Gasteiger charge is -2.04. The molecule has 0 aromatic heterocycles. The number of carboxylic acid groups (broad SMARTS) is 1. The normalized spacial score (nSPS) is 11.9. The monoisotopic (exact) mass is 250 g/mol. The van der Waals surface area contributed by atoms with Crippen LogP contribution in [0, 0.1) is 0 Å². The van der Waals surface area contributed by atoms with Gasteiger partial charge in [-0.15, -0.1) is 0 Å². The van der Waals surface area contributed by atoms with E-state index in [-0.39, 0.29) is 12.8 Å². The van der Waals surface area contributed by atoms with Crippen molar-refractivity contribution in [2.45, 2.75) is 6.92 Å². The van der Waals surface area contributed by atoms with Crippen LogP contribution in [0.5, 0.6) is 0 Å². The van der Waals surface area contributed by atoms with Crippen molar-refractivity contribution in [2.75, 3.05) is 19.1 Å². The predicted molar refractivity (Wildman–Crippen MR) is 55.4 cm³/mol. The van der Waals surface area contributed by atoms with Crippen molar-refractivity contribution in [3.05, 3.63) is 11.8 Å². The molecule has 0 radical (unpaired) electrons. The van der Waals surface area contributed by atoms with E-state index in [9.17, 15) is 14.2 Å². The summed E-state index contributed by atoms with van der Waals surface area (Å²) in [5.74, 6) is -1.37. The topological polar surface area (TPSA) is 113 Å². The second-order valence-corrected chi connectivity index (χ2v) is 4.19. The lowest BCUT2D eigenvalue weighted by atomic mass is 10.4. The highest BCUT2D eigenvalue weighted by molar-refractivity contribution is 7.44. The van der Waals surface area contributed by atoms with Crippen LogP contribution in [-0.2, 0) is 14.1 Å². The van der Waals surface area contributed by atoms with Gasteiger partial charge in [-0.1, -0.05) is 4.57 Å². The number of carbonyl (C=O) groups is 2. The smallest absolute Gasteiger partial charge is 0.411 e. The van der Waals surface area contributed by atoms with Crippen LogP contribution < -0.4 is 5.32 Å². The molecule has 0 spiro atoms. The number of amides is 1. The van der Waals surface area contributed by atoms with E-state index in [2.05, 4.69) is 4.74 Å². The Bertz CT molecular complexity index is 314. The van der Waals surface area contributed by atoms with Crippen molar-refractivity contribution in [3.8, 4) is 0 Å². The molecule has 1 atom stereocenters. The van der Waals surface area contributed by atoms with E-state index in [4.69, 9.17) is 10.2 Å². The van der Waals surface area contributed by atoms with E-state index >= 15 is 0 Å². The van der Waals surface area contributed by atoms with Crippen LogP contribution in [0.2, 0.25) is 0 Å². The van der Waals surface area contributed by atoms with E-state index in [0.29, 0.717) is 0 Å². The van der Waals surface area contributed by atoms with E-state index < -0.39 is 31.9 Å². The fourth-order valence-electron chi connectivity index (χ4n) is 0.720. The first-order chi connectivity index (χ1) is 7.51. The Balaban J connectivity index is 4.43. The zero-order valence-electron chi connectivity index (χ0n) is 8.67. The average Bonchev–Trinajstić information content (AvgIpc) is 2.23. The number of aliphatic hydroxyl groups excluding tert-OH is 1. The Morgan fingerprint density at radius 3 is 2.56 bits per heavy atom. The standard InChI is InChI=1S/C8H12NO6P/c1-2-15-8(13)9-6(7(11)12)3-4-16(14)5-10/h3,10H,2,4-5H2,1H3,(H-,9,11,12,13)/p+1. The minimum atomic E-state index is -1.89. The highest BCUT2D eigenvalue weighted by Crippen LogP contribution is 2.17. The summed E-state index contributed by atoms with van der Waals surface area (Å²) in [7, 11) is -1.89. The first kappa shape index (κ1) is 14.5. The van der Waals surface area contributed by atoms with Gasteiger partial charge in [0.15, 0.2) is 6.16 Å². The Morgan fingerprint density at radius 1 is 1.50 bits per heavy atom. The van der Waals surface area contributed by atoms with Crippen LogP contribution in [0.1, 0.15) is 6.92 Å². The van der Waals surface area contributed by atoms with E-state index in [1.165, 1.54) is 0 Å². The molecule has 16 heavy (non-hydrogen) atoms. The van der Waals surface area contributed by atoms with Crippen LogP contribution in [0.4, 0.5) is 4.79 Å². The van der Waals surface area contributed by atoms with Crippen molar-refractivity contribution in [1.29, 1.82) is 0 Å². The zero-order chi connectivity index (χ0) is 12.6. The number of aliphatic hydroxyl groups is 1. The lowest BCUT2D eigenvalue weighted by molar-refractivity contribution is -0.133. The van der Waals surface area contributed by atoms with Gasteiger partial charge in [-0.05, 0) is 13.0 Å². The van der Waals surface area contributed by atoms with E-state index in [1.807, 2.05) is 5.32 Å². The molecular weight excluding hydrogens is 237 g/mol. The second-order valence-electron chi connectivity index (χ2n) is 2.57. The van der Waals surface area contributed by atoms with Crippen LogP contribution in [-0.4, -0.2) is 41.4 Å². The molecule has 0 saturated carbocycles. The maximum atomic E-state index is 10.9. The van der Waals surface area contributed by atoms with Gasteiger partial charge >= 0.3 is 19.9 Å². The van der Waals surface area contributed by atoms with Crippen LogP contribution in [0.15, 0.2) is 11.8 Å². The molecule has 0 aliphatic heterocycles. The molecule has 0 saturated heterocycles. The van der Waals surface area contributed by atoms with Gasteiger partial charge in [0.25, 0.3) is 0 Å². The molecule has 1 amide bonds. The molecule has 3 N–H and O–H groups in total. The first-order valence-corrected chi connectivity index (χ1v) is 6.04. The highest BCUT2D eigenvalue weighted by Gasteiger charge is 2.16. The molecule has 0 aliphatic carbocycles. The molecule has 0 bridgehead atoms. The number of hydrogen-bond acceptors (Lipinski definition) is 5. The molecule has 0 aromatic rings. The first-order valence-electron chi connectivity index (χ1n) is 4.41. The molecule has 0 rings (SSSR count). The number of carbonyl (C=O) groups excluding carboxylic acids is 1. The van der Waals surface area contributed by atoms with Crippen molar-refractivity contribution >= 4 is 19.9 Å². The molecule has 0 aliphatic rings. The number of alkyl carbamates (subject to hydrolysis) is 1. The maximum Gasteiger partial charge on any atom is 0.411 e. The summed E-state index contributed by atoms with van der Waals surface area (Å²) in [5, 5.41) is 19.1. The number of rotatable bonds is 6. The third-order valence-electron chi connectivity index (χ3n) is 1.40. The van der Waals surface area contributed by atoms with Gasteiger partial charge in [-0.3, -0.25) is 5.32 Å². The summed E-state index contributed by atoms with van der Waals surface area (Å²) in [6.07, 6.45) is -0.484. The summed E-state index contributed by atoms with van der Waals surface area (Å²) in [6.45, 7) is 1.69. The lowest BCUT2D eigenvalue weighted by Crippen LogP contribution is -2.28. The fraction of sp³-hybridized carbons (Fsp3) is 0.500. The van der Waals surface area contributed by atoms with Gasteiger partial charge in [0, 0.05) is 0 Å². The van der Waals surface area contributed by atoms with Gasteiger partial charge in [-0.25, -0.2) is 9.59 Å². The number of allylic oxidation sites excluding steroid dienone is 1. The molecule has 7 nitrogen and oxygen atoms in total. The summed E-state index contributed by atoms with van der Waals surface area (Å²) >= 11 is 0. The maximum absolute atomic E-state index is 10.9. The Kier molecular flexibility index (Phi) is 7.07. The number of ether oxygens (including phenoxy) is 1. The molecule has 0 heterocycles. The fourth-order valence-corrected chi connectivity index (χ4v) is 1.22. The Labute approximate surface area is 92.9 Å². The van der Waals surface area contributed by atoms with Gasteiger partial charge in [0.2, 0.25) is 6.35 Å². The third kappa shape index (κ3) is 6.10. The third-order valence-corrected chi connectivity index (χ3v) is 2.30. The number of carboxylic acids is 1. The number of nitrogens with one attached hydrogen (secondary N) is 1. The summed E-state index contributed by atoms with van der Waals surface area (Å²) in [6, 6.07) is 0. The van der Waals surface area contributed by atoms with Crippen molar-refractivity contribution in [2.24, 2.45) is 0 Å². The van der Waals surface area contributed by atoms with Crippen LogP contribution in [0.3, 0.4) is 0 Å². The van der Waals surface area contributed by atoms with Crippen LogP contribution in [0.25, 0.3) is 0 Å². The number of hydrogen-bond donors (Lipinski definition) is 3. The average molecular weight is 250 g/mol. The van der Waals surface area contributed by atoms with Gasteiger partial charge in [0.1, 0.15) is 5.70 Å². The van der Waals surface area contributed by atoms with E-state index in [0.717, 1.165) is 6.08 Å². The van der Waals surface area contributed by atoms with Crippen molar-refractivity contribution < 1.29 is 29.1 Å². The summed E-state index contributed by atoms with van der Waals surface area (Å²) in [4.78, 5) is 21.6. The summed E-state index contributed by atoms with van der Waals surface area (Å²) in [5.41, 5.74) is -0.421. The second kappa shape index (κ2) is 7.78. The van der Waals surface area contributed by atoms with Gasteiger partial charge in [0.05, 0.1) is 6.61 Å². The minimum Gasteiger partial charge on any atom is -0.477 e. The Hall–Kier alpha value is -1.46. The van der Waals surface area contributed by atoms with E-state index in [1.54, 1.807) is 6.92 Å². The Morgan fingerprint density at radius 2 is 2.12 bits per heavy atom. The zero-order valence-corrected chi connectivity index (χ0v) is 9.57. The minimum absolute atomic E-state index is 0.115. The molecule has 0 fully saturated rings. The van der Waals surface area contributed by atoms with Gasteiger partial charge < -0.3 is 14.9 Å². The summed E-state index contributed by atoms with van der Waals surface area (Å²) < 4.78 is 15.3. The molecule has 8 heteroatoms. The number of aliphatic carboxylic acids is 1. The highest BCUT2D eigenvalue weighted by atomic mass is 31.1. The molecule has 90 valence electrons. The molecule has 0 aromatic carbocycles. The molecular formula is C8H13NO6P+. The largest absolute Gasteiger partial charge is 0.477 e. The molecule has 1 unspecified atom stereocenters. The van der Waals surface area contributed by atoms with Crippen LogP contribution >= 0.6 is 7.80 Å². The predicted octanol–water partition coefficient (Wildman–Crippen LogP) is 0.478. The van der Waals surface area contributed by atoms with Crippen molar-refractivity contribution in [3.63, 3.8) is 0 Å². The SMILES string of the molecule is CCOC(=O)NC(=CC[P+](=O)CO)C(=O)O. The van der Waals surface area contributed by atoms with Crippen molar-refractivity contribution in [1.82, 2.24) is 5.32 Å². The quantitative estimate of drug-likeness (QED) is 0.466. The van der Waals surface area contributed by atoms with Gasteiger partial charge in [-0.2, -0.15) is 0 Å².